The number of hydrogen-bond acceptors (Lipinski definition) is 3. The van der Waals surface area contributed by atoms with Gasteiger partial charge in [0.2, 0.25) is 0 Å². The zero-order valence-corrected chi connectivity index (χ0v) is 8.06. The highest BCUT2D eigenvalue weighted by Crippen LogP contribution is 2.05. The van der Waals surface area contributed by atoms with E-state index in [9.17, 15) is 4.79 Å². The number of rotatable bonds is 4. The summed E-state index contributed by atoms with van der Waals surface area (Å²) in [6.45, 7) is 2.68. The molecule has 1 aromatic heterocycles. The van der Waals surface area contributed by atoms with Crippen molar-refractivity contribution in [2.75, 3.05) is 13.1 Å². The quantitative estimate of drug-likeness (QED) is 0.681. The highest BCUT2D eigenvalue weighted by Gasteiger charge is 2.14. The first kappa shape index (κ1) is 10.3. The predicted molar refractivity (Wildman–Crippen MR) is 50.5 cm³/mol. The average molecular weight is 192 g/mol. The van der Waals surface area contributed by atoms with Crippen molar-refractivity contribution in [1.29, 1.82) is 5.26 Å². The Morgan fingerprint density at radius 2 is 2.50 bits per heavy atom. The van der Waals surface area contributed by atoms with Gasteiger partial charge in [-0.1, -0.05) is 6.92 Å². The van der Waals surface area contributed by atoms with Crippen molar-refractivity contribution in [3.8, 4) is 6.07 Å². The second-order valence-electron chi connectivity index (χ2n) is 2.90. The highest BCUT2D eigenvalue weighted by molar-refractivity contribution is 5.93. The van der Waals surface area contributed by atoms with Gasteiger partial charge in [-0.05, 0) is 12.5 Å². The number of carbonyl (C=O) groups excluding carboxylic acids is 1. The number of nitriles is 1. The molecule has 1 aromatic rings. The van der Waals surface area contributed by atoms with Crippen LogP contribution in [0.4, 0.5) is 0 Å². The third kappa shape index (κ3) is 2.36. The molecule has 74 valence electrons. The fourth-order valence-corrected chi connectivity index (χ4v) is 1.18. The summed E-state index contributed by atoms with van der Waals surface area (Å²) in [7, 11) is 0. The minimum atomic E-state index is -0.151. The second kappa shape index (κ2) is 5.07. The van der Waals surface area contributed by atoms with Crippen molar-refractivity contribution in [1.82, 2.24) is 4.90 Å². The van der Waals surface area contributed by atoms with Crippen molar-refractivity contribution in [3.63, 3.8) is 0 Å². The molecule has 0 aliphatic carbocycles. The van der Waals surface area contributed by atoms with Crippen LogP contribution in [0.2, 0.25) is 0 Å². The monoisotopic (exact) mass is 192 g/mol. The van der Waals surface area contributed by atoms with Crippen LogP contribution >= 0.6 is 0 Å². The highest BCUT2D eigenvalue weighted by atomic mass is 16.3. The van der Waals surface area contributed by atoms with Gasteiger partial charge in [0.1, 0.15) is 12.8 Å². The van der Waals surface area contributed by atoms with Crippen molar-refractivity contribution < 1.29 is 9.21 Å². The lowest BCUT2D eigenvalue weighted by Gasteiger charge is -2.17. The molecule has 0 radical (unpaired) electrons. The summed E-state index contributed by atoms with van der Waals surface area (Å²) < 4.78 is 4.81. The predicted octanol–water partition coefficient (Wildman–Crippen LogP) is 1.66. The molecule has 1 rings (SSSR count). The molecule has 0 atom stereocenters. The molecule has 1 amide bonds. The third-order valence-corrected chi connectivity index (χ3v) is 1.81. The normalized spacial score (nSPS) is 9.43. The molecule has 0 saturated heterocycles. The van der Waals surface area contributed by atoms with E-state index in [1.807, 2.05) is 13.0 Å². The molecule has 0 unspecified atom stereocenters. The molecule has 14 heavy (non-hydrogen) atoms. The summed E-state index contributed by atoms with van der Waals surface area (Å²) in [6, 6.07) is 3.57. The molecule has 1 heterocycles. The van der Waals surface area contributed by atoms with Crippen LogP contribution < -0.4 is 0 Å². The van der Waals surface area contributed by atoms with Gasteiger partial charge < -0.3 is 9.32 Å². The van der Waals surface area contributed by atoms with Gasteiger partial charge >= 0.3 is 0 Å². The van der Waals surface area contributed by atoms with Gasteiger partial charge in [0.25, 0.3) is 5.91 Å². The van der Waals surface area contributed by atoms with Gasteiger partial charge in [0, 0.05) is 6.54 Å². The number of nitrogens with zero attached hydrogens (tertiary/aromatic N) is 2. The van der Waals surface area contributed by atoms with Gasteiger partial charge in [-0.25, -0.2) is 0 Å². The molecular weight excluding hydrogens is 180 g/mol. The Kier molecular flexibility index (Phi) is 3.74. The molecule has 0 aliphatic rings. The fraction of sp³-hybridized carbons (Fsp3) is 0.400. The van der Waals surface area contributed by atoms with E-state index in [0.29, 0.717) is 12.1 Å². The van der Waals surface area contributed by atoms with E-state index in [4.69, 9.17) is 9.68 Å². The van der Waals surface area contributed by atoms with Crippen molar-refractivity contribution in [3.05, 3.63) is 24.2 Å². The first-order valence-electron chi connectivity index (χ1n) is 4.48. The first-order chi connectivity index (χ1) is 6.79. The lowest BCUT2D eigenvalue weighted by atomic mass is 10.3. The minimum absolute atomic E-state index is 0.123. The van der Waals surface area contributed by atoms with Gasteiger partial charge in [-0.2, -0.15) is 5.26 Å². The Morgan fingerprint density at radius 1 is 1.71 bits per heavy atom. The molecule has 0 fully saturated rings. The number of furan rings is 1. The maximum absolute atomic E-state index is 11.7. The molecule has 0 spiro atoms. The Labute approximate surface area is 82.7 Å². The van der Waals surface area contributed by atoms with Crippen molar-refractivity contribution in [2.24, 2.45) is 0 Å². The lowest BCUT2D eigenvalue weighted by Crippen LogP contribution is -2.31. The molecule has 0 N–H and O–H groups in total. The zero-order chi connectivity index (χ0) is 10.4. The van der Waals surface area contributed by atoms with Crippen LogP contribution in [0.25, 0.3) is 0 Å². The Balaban J connectivity index is 2.69. The van der Waals surface area contributed by atoms with Crippen LogP contribution in [-0.4, -0.2) is 23.9 Å². The molecule has 4 heteroatoms. The van der Waals surface area contributed by atoms with Crippen LogP contribution in [0.15, 0.2) is 23.0 Å². The number of amides is 1. The molecular formula is C10H12N2O2. The summed E-state index contributed by atoms with van der Waals surface area (Å²) in [4.78, 5) is 13.2. The average Bonchev–Trinajstić information content (AvgIpc) is 2.69. The minimum Gasteiger partial charge on any atom is -0.472 e. The summed E-state index contributed by atoms with van der Waals surface area (Å²) in [6.07, 6.45) is 3.68. The molecule has 4 nitrogen and oxygen atoms in total. The standard InChI is InChI=1S/C10H12N2O2/c1-2-5-12(6-4-11)10(13)9-3-7-14-8-9/h3,7-8H,2,5-6H2,1H3. The second-order valence-corrected chi connectivity index (χ2v) is 2.90. The van der Waals surface area contributed by atoms with Crippen LogP contribution in [0.1, 0.15) is 23.7 Å². The molecule has 0 saturated carbocycles. The van der Waals surface area contributed by atoms with E-state index in [2.05, 4.69) is 0 Å². The Hall–Kier alpha value is -1.76. The largest absolute Gasteiger partial charge is 0.472 e. The van der Waals surface area contributed by atoms with Crippen LogP contribution in [-0.2, 0) is 0 Å². The van der Waals surface area contributed by atoms with E-state index < -0.39 is 0 Å². The summed E-state index contributed by atoms with van der Waals surface area (Å²) >= 11 is 0. The fourth-order valence-electron chi connectivity index (χ4n) is 1.18. The van der Waals surface area contributed by atoms with Crippen molar-refractivity contribution in [2.45, 2.75) is 13.3 Å². The lowest BCUT2D eigenvalue weighted by molar-refractivity contribution is 0.0775. The summed E-state index contributed by atoms with van der Waals surface area (Å²) in [5.74, 6) is -0.151. The van der Waals surface area contributed by atoms with E-state index in [1.54, 1.807) is 6.07 Å². The Bertz CT molecular complexity index is 324. The van der Waals surface area contributed by atoms with Gasteiger partial charge in [-0.3, -0.25) is 4.79 Å². The Morgan fingerprint density at radius 3 is 3.00 bits per heavy atom. The van der Waals surface area contributed by atoms with Gasteiger partial charge in [0.15, 0.2) is 0 Å². The third-order valence-electron chi connectivity index (χ3n) is 1.81. The van der Waals surface area contributed by atoms with E-state index in [-0.39, 0.29) is 12.5 Å². The van der Waals surface area contributed by atoms with Crippen LogP contribution in [0.3, 0.4) is 0 Å². The molecule has 0 aromatic carbocycles. The molecule has 0 bridgehead atoms. The summed E-state index contributed by atoms with van der Waals surface area (Å²) in [5, 5.41) is 8.54. The molecule has 0 aliphatic heterocycles. The van der Waals surface area contributed by atoms with Crippen LogP contribution in [0, 0.1) is 11.3 Å². The van der Waals surface area contributed by atoms with Crippen molar-refractivity contribution >= 4 is 5.91 Å². The number of hydrogen-bond donors (Lipinski definition) is 0. The maximum atomic E-state index is 11.7. The van der Waals surface area contributed by atoms with E-state index >= 15 is 0 Å². The van der Waals surface area contributed by atoms with E-state index in [1.165, 1.54) is 17.4 Å². The maximum Gasteiger partial charge on any atom is 0.257 e. The topological polar surface area (TPSA) is 57.2 Å². The van der Waals surface area contributed by atoms with Crippen LogP contribution in [0.5, 0.6) is 0 Å². The summed E-state index contributed by atoms with van der Waals surface area (Å²) in [5.41, 5.74) is 0.494. The van der Waals surface area contributed by atoms with Gasteiger partial charge in [0.05, 0.1) is 17.9 Å². The van der Waals surface area contributed by atoms with E-state index in [0.717, 1.165) is 6.42 Å². The van der Waals surface area contributed by atoms with Gasteiger partial charge in [-0.15, -0.1) is 0 Å². The SMILES string of the molecule is CCCN(CC#N)C(=O)c1ccoc1. The smallest absolute Gasteiger partial charge is 0.257 e. The zero-order valence-electron chi connectivity index (χ0n) is 8.06. The first-order valence-corrected chi connectivity index (χ1v) is 4.48. The number of carbonyl (C=O) groups is 1.